The van der Waals surface area contributed by atoms with Crippen LogP contribution in [0.4, 0.5) is 0 Å². The van der Waals surface area contributed by atoms with E-state index in [4.69, 9.17) is 45.7 Å². The van der Waals surface area contributed by atoms with Gasteiger partial charge in [0, 0.05) is 31.2 Å². The number of likely N-dealkylation sites (N-methyl/N-ethyl adjacent to an activating group) is 3. The van der Waals surface area contributed by atoms with Crippen molar-refractivity contribution >= 4 is 94.1 Å². The minimum Gasteiger partial charge on any atom is -0.870 e. The zero-order chi connectivity index (χ0) is 50.3. The van der Waals surface area contributed by atoms with Crippen LogP contribution in [-0.2, 0) is 63.2 Å². The van der Waals surface area contributed by atoms with Crippen molar-refractivity contribution in [3.05, 3.63) is 92.9 Å². The van der Waals surface area contributed by atoms with E-state index in [-0.39, 0.29) is 75.7 Å². The van der Waals surface area contributed by atoms with Crippen LogP contribution in [0, 0.1) is 0 Å². The molecule has 0 saturated carbocycles. The predicted octanol–water partition coefficient (Wildman–Crippen LogP) is 0.797. The second-order valence-corrected chi connectivity index (χ2v) is 13.0. The van der Waals surface area contributed by atoms with Crippen LogP contribution in [0.5, 0.6) is 34.5 Å². The zero-order valence-corrected chi connectivity index (χ0v) is 51.9. The Morgan fingerprint density at radius 2 is 0.821 bits per heavy atom. The Balaban J connectivity index is -0.000000110. The summed E-state index contributed by atoms with van der Waals surface area (Å²) in [5, 5.41) is 77.9. The molecule has 0 amide bonds. The number of nitrogens with zero attached hydrogens (tertiary/aromatic N) is 8. The van der Waals surface area contributed by atoms with Crippen molar-refractivity contribution in [2.24, 2.45) is 15.0 Å². The number of para-hydroxylation sites is 3. The molecule has 0 bridgehead atoms. The van der Waals surface area contributed by atoms with Gasteiger partial charge in [-0.25, -0.2) is 0 Å². The second kappa shape index (κ2) is 58.0. The van der Waals surface area contributed by atoms with E-state index in [1.807, 2.05) is 19.0 Å². The number of aliphatic carboxylic acids is 1. The first-order chi connectivity index (χ1) is 30.3. The number of isothiocyanates is 4. The number of methoxy groups -OCH3 is 3. The first-order valence-electron chi connectivity index (χ1n) is 18.3. The summed E-state index contributed by atoms with van der Waals surface area (Å²) in [5.41, 5.74) is 1.72. The normalized spacial score (nSPS) is 8.91. The molecule has 0 aromatic heterocycles. The zero-order valence-electron chi connectivity index (χ0n) is 39.8. The molecular formula is C42H56N10O8S4Zn3. The van der Waals surface area contributed by atoms with Gasteiger partial charge in [-0.3, -0.25) is 15.0 Å². The number of carboxylic acids is 1. The molecule has 25 heteroatoms. The Hall–Kier alpha value is -4.11. The molecule has 0 aliphatic carbocycles. The van der Waals surface area contributed by atoms with Crippen LogP contribution in [0.1, 0.15) is 23.6 Å². The second-order valence-electron chi connectivity index (χ2n) is 12.3. The summed E-state index contributed by atoms with van der Waals surface area (Å²) in [6.07, 6.45) is 4.84. The van der Waals surface area contributed by atoms with Gasteiger partial charge in [0.1, 0.15) is 17.2 Å². The first kappa shape index (κ1) is 80.0. The van der Waals surface area contributed by atoms with Crippen LogP contribution < -0.4 is 44.4 Å². The molecule has 0 atom stereocenters. The third-order valence-corrected chi connectivity index (χ3v) is 6.54. The van der Waals surface area contributed by atoms with E-state index >= 15 is 0 Å². The number of rotatable bonds is 15. The Bertz CT molecular complexity index is 1720. The third-order valence-electron chi connectivity index (χ3n) is 6.54. The van der Waals surface area contributed by atoms with Crippen molar-refractivity contribution in [1.29, 1.82) is 0 Å². The molecule has 352 valence electrons. The van der Waals surface area contributed by atoms with E-state index in [2.05, 4.69) is 92.0 Å². The summed E-state index contributed by atoms with van der Waals surface area (Å²) in [6, 6.07) is 15.6. The van der Waals surface area contributed by atoms with Crippen LogP contribution in [0.15, 0.2) is 69.6 Å². The molecule has 3 aromatic rings. The number of thiocarbonyl (C=S) groups is 4. The molecule has 2 N–H and O–H groups in total. The van der Waals surface area contributed by atoms with Gasteiger partial charge in [0.15, 0.2) is 0 Å². The fourth-order valence-corrected chi connectivity index (χ4v) is 3.71. The summed E-state index contributed by atoms with van der Waals surface area (Å²) in [7, 11) is 16.7. The molecule has 3 rings (SSSR count). The summed E-state index contributed by atoms with van der Waals surface area (Å²) in [6.45, 7) is 5.87. The van der Waals surface area contributed by atoms with E-state index in [9.17, 15) is 15.3 Å². The van der Waals surface area contributed by atoms with Crippen molar-refractivity contribution < 1.29 is 108 Å². The van der Waals surface area contributed by atoms with Crippen LogP contribution in [0.2, 0.25) is 0 Å². The minimum atomic E-state index is -1.08. The van der Waals surface area contributed by atoms with E-state index in [0.717, 1.165) is 39.6 Å². The number of carbonyl (C=O) groups excluding carboxylic acids is 1. The number of hydrogen-bond acceptors (Lipinski definition) is 16. The quantitative estimate of drug-likeness (QED) is 0.121. The summed E-state index contributed by atoms with van der Waals surface area (Å²) in [5.74, 6) is -0.323. The fraction of sp³-hybridized carbons (Fsp3) is 0.381. The van der Waals surface area contributed by atoms with Crippen molar-refractivity contribution in [1.82, 2.24) is 4.90 Å². The van der Waals surface area contributed by atoms with Gasteiger partial charge in [-0.05, 0) is 55.9 Å². The smallest absolute Gasteiger partial charge is 0.870 e. The molecule has 18 nitrogen and oxygen atoms in total. The molecule has 0 heterocycles. The topological polar surface area (TPSA) is 275 Å². The molecule has 0 unspecified atom stereocenters. The number of benzene rings is 3. The average Bonchev–Trinajstić information content (AvgIpc) is 3.22. The van der Waals surface area contributed by atoms with Gasteiger partial charge < -0.3 is 75.8 Å². The maximum atomic E-state index is 11.7. The Morgan fingerprint density at radius 1 is 0.597 bits per heavy atom. The molecular weight excluding hydrogens is 1100 g/mol. The SMILES string of the molecule is CC(=O)[O-].COc1cccc(C=NCCN(C)C)c1[O-].COc1cccc(C=NCC[NH+](C)C)c1[O-].COc1cccc(C=NCC[NH+](C)C)c1[O-].[N-]=C=S.[N-]=C=S.[N-]=C=S.[N-]=C=S.[Zn+2].[Zn+2].[Zn+2]. The molecule has 0 aliphatic rings. The molecule has 0 fully saturated rings. The molecule has 0 spiro atoms. The van der Waals surface area contributed by atoms with Crippen molar-refractivity contribution in [3.8, 4) is 34.5 Å². The summed E-state index contributed by atoms with van der Waals surface area (Å²) in [4.78, 5) is 26.2. The average molecular weight is 1150 g/mol. The monoisotopic (exact) mass is 1150 g/mol. The standard InChI is InChI=1S/3C12H18N2O2.C2H4O2.4CNS.3Zn/c3*1-14(2)8-7-13-9-10-5-4-6-11(16-3)12(10)15;1-2(3)4;4*2-1-3;;;/h3*4-6,9,15H,7-8H2,1-3H3;1H3,(H,3,4);;;;;;;/q;;;;4*-1;3*+2/p-2. The maximum absolute atomic E-state index is 11.7. The molecule has 67 heavy (non-hydrogen) atoms. The fourth-order valence-electron chi connectivity index (χ4n) is 3.71. The van der Waals surface area contributed by atoms with E-state index in [1.165, 1.54) is 51.8 Å². The minimum absolute atomic E-state index is 0. The van der Waals surface area contributed by atoms with Crippen molar-refractivity contribution in [2.75, 3.05) is 103 Å². The van der Waals surface area contributed by atoms with Crippen molar-refractivity contribution in [2.45, 2.75) is 6.92 Å². The largest absolute Gasteiger partial charge is 2.00 e. The number of nitrogens with one attached hydrogen (secondary N) is 2. The van der Waals surface area contributed by atoms with Gasteiger partial charge in [-0.15, -0.1) is 0 Å². The van der Waals surface area contributed by atoms with Gasteiger partial charge in [0.25, 0.3) is 0 Å². The number of aliphatic imine (C=N–C) groups is 3. The molecule has 0 saturated heterocycles. The first-order valence-corrected chi connectivity index (χ1v) is 19.9. The third kappa shape index (κ3) is 52.7. The van der Waals surface area contributed by atoms with Gasteiger partial charge in [0.2, 0.25) is 0 Å². The van der Waals surface area contributed by atoms with Crippen LogP contribution in [0.25, 0.3) is 21.6 Å². The number of ether oxygens (including phenoxy) is 3. The summed E-state index contributed by atoms with van der Waals surface area (Å²) >= 11 is 14.8. The van der Waals surface area contributed by atoms with Gasteiger partial charge >= 0.3 is 58.4 Å². The van der Waals surface area contributed by atoms with Gasteiger partial charge in [-0.1, -0.05) is 103 Å². The molecule has 3 aromatic carbocycles. The van der Waals surface area contributed by atoms with Gasteiger partial charge in [0.05, 0.1) is 82.2 Å². The van der Waals surface area contributed by atoms with E-state index < -0.39 is 5.97 Å². The number of quaternary nitrogens is 2. The van der Waals surface area contributed by atoms with Gasteiger partial charge in [-0.2, -0.15) is 20.6 Å². The Labute approximate surface area is 455 Å². The van der Waals surface area contributed by atoms with Crippen LogP contribution in [0.3, 0.4) is 0 Å². The number of hydrogen-bond donors (Lipinski definition) is 2. The summed E-state index contributed by atoms with van der Waals surface area (Å²) < 4.78 is 14.9. The maximum Gasteiger partial charge on any atom is 2.00 e. The van der Waals surface area contributed by atoms with Crippen LogP contribution >= 0.6 is 48.9 Å². The number of carboxylic acid groups (broad SMARTS) is 1. The van der Waals surface area contributed by atoms with Crippen molar-refractivity contribution in [3.63, 3.8) is 0 Å². The predicted molar refractivity (Wildman–Crippen MR) is 263 cm³/mol. The van der Waals surface area contributed by atoms with E-state index in [0.29, 0.717) is 40.5 Å². The van der Waals surface area contributed by atoms with Crippen LogP contribution in [-0.4, -0.2) is 153 Å². The Kier molecular flexibility index (Phi) is 69.2. The number of carbonyl (C=O) groups is 1. The molecule has 0 radical (unpaired) electrons. The Morgan fingerprint density at radius 3 is 1.01 bits per heavy atom. The molecule has 0 aliphatic heterocycles. The van der Waals surface area contributed by atoms with E-state index in [1.54, 1.807) is 73.2 Å².